The number of hydrogen-bond acceptors (Lipinski definition) is 5. The summed E-state index contributed by atoms with van der Waals surface area (Å²) in [5.74, 6) is 0.337. The second-order valence-electron chi connectivity index (χ2n) is 9.87. The van der Waals surface area contributed by atoms with Crippen LogP contribution in [0.2, 0.25) is 0 Å². The van der Waals surface area contributed by atoms with Crippen LogP contribution in [0.25, 0.3) is 11.1 Å². The molecule has 0 saturated carbocycles. The summed E-state index contributed by atoms with van der Waals surface area (Å²) in [6.07, 6.45) is 3.85. The second kappa shape index (κ2) is 10.5. The van der Waals surface area contributed by atoms with Crippen LogP contribution in [0.4, 0.5) is 0 Å². The third-order valence-electron chi connectivity index (χ3n) is 7.62. The minimum Gasteiger partial charge on any atom is -0.459 e. The molecule has 2 aromatic rings. The highest BCUT2D eigenvalue weighted by molar-refractivity contribution is 5.92. The van der Waals surface area contributed by atoms with E-state index >= 15 is 0 Å². The molecule has 1 saturated heterocycles. The lowest BCUT2D eigenvalue weighted by Gasteiger charge is -2.39. The van der Waals surface area contributed by atoms with Crippen LogP contribution < -0.4 is 0 Å². The maximum Gasteiger partial charge on any atom is 0.288 e. The standard InChI is InChI=1S/C29H36N2O4/c1-3-34-29-25(9-6-16-32)26(19-27(35-29)28(33)31-14-12-30(2)13-15-31)21-10-11-24-22(18-21)17-20-7-4-5-8-23(20)24/h4-5,7-8,10-11,18-19,25-26,29,32H,3,6,9,12-17H2,1-2H3/t25-,26+,29+/m0/s1. The molecule has 0 spiro atoms. The van der Waals surface area contributed by atoms with Gasteiger partial charge in [0.25, 0.3) is 5.91 Å². The van der Waals surface area contributed by atoms with Gasteiger partial charge in [-0.15, -0.1) is 0 Å². The quantitative estimate of drug-likeness (QED) is 0.562. The van der Waals surface area contributed by atoms with E-state index in [-0.39, 0.29) is 24.3 Å². The Hall–Kier alpha value is -2.67. The Labute approximate surface area is 208 Å². The largest absolute Gasteiger partial charge is 0.459 e. The molecule has 2 heterocycles. The molecule has 0 bridgehead atoms. The lowest BCUT2D eigenvalue weighted by atomic mass is 9.79. The van der Waals surface area contributed by atoms with E-state index in [1.54, 1.807) is 0 Å². The van der Waals surface area contributed by atoms with Gasteiger partial charge in [0.05, 0.1) is 0 Å². The average Bonchev–Trinajstić information content (AvgIpc) is 3.25. The third kappa shape index (κ3) is 4.88. The molecule has 3 atom stereocenters. The molecule has 6 heteroatoms. The highest BCUT2D eigenvalue weighted by atomic mass is 16.7. The van der Waals surface area contributed by atoms with Crippen molar-refractivity contribution in [2.45, 2.75) is 38.4 Å². The van der Waals surface area contributed by atoms with Crippen molar-refractivity contribution in [3.63, 3.8) is 0 Å². The maximum absolute atomic E-state index is 13.5. The topological polar surface area (TPSA) is 62.2 Å². The summed E-state index contributed by atoms with van der Waals surface area (Å²) in [4.78, 5) is 17.6. The molecule has 0 aromatic heterocycles. The van der Waals surface area contributed by atoms with Gasteiger partial charge in [-0.3, -0.25) is 4.79 Å². The molecular weight excluding hydrogens is 440 g/mol. The Balaban J connectivity index is 1.49. The van der Waals surface area contributed by atoms with Gasteiger partial charge >= 0.3 is 0 Å². The zero-order valence-corrected chi connectivity index (χ0v) is 20.8. The molecule has 186 valence electrons. The minimum atomic E-state index is -0.515. The van der Waals surface area contributed by atoms with E-state index in [0.29, 0.717) is 31.9 Å². The molecule has 1 N–H and O–H groups in total. The van der Waals surface area contributed by atoms with Gasteiger partial charge in [-0.25, -0.2) is 0 Å². The van der Waals surface area contributed by atoms with Gasteiger partial charge in [-0.05, 0) is 67.1 Å². The van der Waals surface area contributed by atoms with Crippen molar-refractivity contribution in [3.8, 4) is 11.1 Å². The fraction of sp³-hybridized carbons (Fsp3) is 0.483. The van der Waals surface area contributed by atoms with Crippen LogP contribution in [-0.4, -0.2) is 73.5 Å². The Bertz CT molecular complexity index is 1090. The summed E-state index contributed by atoms with van der Waals surface area (Å²) in [7, 11) is 2.08. The van der Waals surface area contributed by atoms with Gasteiger partial charge in [0.1, 0.15) is 0 Å². The Morgan fingerprint density at radius 2 is 1.86 bits per heavy atom. The number of ether oxygens (including phenoxy) is 2. The lowest BCUT2D eigenvalue weighted by Crippen LogP contribution is -2.49. The molecule has 1 fully saturated rings. The Kier molecular flexibility index (Phi) is 7.23. The summed E-state index contributed by atoms with van der Waals surface area (Å²) in [5, 5.41) is 9.57. The number of fused-ring (bicyclic) bond motifs is 3. The van der Waals surface area contributed by atoms with E-state index in [2.05, 4.69) is 54.4 Å². The van der Waals surface area contributed by atoms with Crippen molar-refractivity contribution in [2.75, 3.05) is 46.4 Å². The number of carbonyl (C=O) groups is 1. The molecule has 2 aromatic carbocycles. The van der Waals surface area contributed by atoms with Crippen LogP contribution in [0, 0.1) is 5.92 Å². The van der Waals surface area contributed by atoms with Crippen molar-refractivity contribution < 1.29 is 19.4 Å². The number of aliphatic hydroxyl groups is 1. The van der Waals surface area contributed by atoms with E-state index in [4.69, 9.17) is 9.47 Å². The molecule has 2 aliphatic heterocycles. The van der Waals surface area contributed by atoms with E-state index in [1.807, 2.05) is 17.9 Å². The molecule has 35 heavy (non-hydrogen) atoms. The van der Waals surface area contributed by atoms with Crippen LogP contribution >= 0.6 is 0 Å². The number of carbonyl (C=O) groups excluding carboxylic acids is 1. The Morgan fingerprint density at radius 3 is 2.63 bits per heavy atom. The lowest BCUT2D eigenvalue weighted by molar-refractivity contribution is -0.170. The minimum absolute atomic E-state index is 0.0210. The Morgan fingerprint density at radius 1 is 1.09 bits per heavy atom. The van der Waals surface area contributed by atoms with Crippen molar-refractivity contribution in [2.24, 2.45) is 5.92 Å². The number of aliphatic hydroxyl groups excluding tert-OH is 1. The number of benzene rings is 2. The summed E-state index contributed by atoms with van der Waals surface area (Å²) in [6, 6.07) is 15.3. The molecule has 1 amide bonds. The number of piperazine rings is 1. The van der Waals surface area contributed by atoms with E-state index in [1.165, 1.54) is 27.8 Å². The normalized spacial score (nSPS) is 23.9. The summed E-state index contributed by atoms with van der Waals surface area (Å²) in [6.45, 7) is 5.70. The van der Waals surface area contributed by atoms with Crippen LogP contribution in [0.3, 0.4) is 0 Å². The van der Waals surface area contributed by atoms with E-state index < -0.39 is 6.29 Å². The molecule has 6 nitrogen and oxygen atoms in total. The van der Waals surface area contributed by atoms with E-state index in [0.717, 1.165) is 25.9 Å². The highest BCUT2D eigenvalue weighted by Gasteiger charge is 2.39. The molecule has 3 aliphatic rings. The number of hydrogen-bond donors (Lipinski definition) is 1. The molecular formula is C29H36N2O4. The van der Waals surface area contributed by atoms with Crippen LogP contribution in [0.5, 0.6) is 0 Å². The van der Waals surface area contributed by atoms with Gasteiger partial charge in [0.2, 0.25) is 6.29 Å². The van der Waals surface area contributed by atoms with Gasteiger partial charge in [-0.1, -0.05) is 42.5 Å². The van der Waals surface area contributed by atoms with Gasteiger partial charge in [0.15, 0.2) is 5.76 Å². The van der Waals surface area contributed by atoms with Crippen molar-refractivity contribution in [1.82, 2.24) is 9.80 Å². The van der Waals surface area contributed by atoms with Crippen LogP contribution in [-0.2, 0) is 20.7 Å². The fourth-order valence-electron chi connectivity index (χ4n) is 5.68. The smallest absolute Gasteiger partial charge is 0.288 e. The van der Waals surface area contributed by atoms with Crippen molar-refractivity contribution in [3.05, 3.63) is 71.0 Å². The first-order chi connectivity index (χ1) is 17.1. The highest BCUT2D eigenvalue weighted by Crippen LogP contribution is 2.43. The number of allylic oxidation sites excluding steroid dienone is 1. The van der Waals surface area contributed by atoms with Crippen LogP contribution in [0.1, 0.15) is 42.4 Å². The van der Waals surface area contributed by atoms with Gasteiger partial charge in [-0.2, -0.15) is 0 Å². The molecule has 0 radical (unpaired) electrons. The molecule has 5 rings (SSSR count). The van der Waals surface area contributed by atoms with Gasteiger partial charge < -0.3 is 24.4 Å². The number of likely N-dealkylation sites (N-methyl/N-ethyl adjacent to an activating group) is 1. The maximum atomic E-state index is 13.5. The first kappa shape index (κ1) is 24.0. The second-order valence-corrected chi connectivity index (χ2v) is 9.87. The third-order valence-corrected chi connectivity index (χ3v) is 7.62. The summed E-state index contributed by atoms with van der Waals surface area (Å²) in [5.41, 5.74) is 6.46. The van der Waals surface area contributed by atoms with E-state index in [9.17, 15) is 9.90 Å². The summed E-state index contributed by atoms with van der Waals surface area (Å²) < 4.78 is 12.3. The summed E-state index contributed by atoms with van der Waals surface area (Å²) >= 11 is 0. The monoisotopic (exact) mass is 476 g/mol. The van der Waals surface area contributed by atoms with Crippen LogP contribution in [0.15, 0.2) is 54.3 Å². The molecule has 1 aliphatic carbocycles. The zero-order chi connectivity index (χ0) is 24.4. The van der Waals surface area contributed by atoms with Crippen molar-refractivity contribution in [1.29, 1.82) is 0 Å². The first-order valence-electron chi connectivity index (χ1n) is 12.9. The van der Waals surface area contributed by atoms with Gasteiger partial charge in [0, 0.05) is 51.2 Å². The average molecular weight is 477 g/mol. The number of nitrogens with zero attached hydrogens (tertiary/aromatic N) is 2. The predicted molar refractivity (Wildman–Crippen MR) is 136 cm³/mol. The molecule has 0 unspecified atom stereocenters. The zero-order valence-electron chi connectivity index (χ0n) is 20.8. The predicted octanol–water partition coefficient (Wildman–Crippen LogP) is 3.78. The number of amides is 1. The van der Waals surface area contributed by atoms with Crippen molar-refractivity contribution >= 4 is 5.91 Å². The fourth-order valence-corrected chi connectivity index (χ4v) is 5.68. The first-order valence-corrected chi connectivity index (χ1v) is 12.9. The number of rotatable bonds is 7. The SMILES string of the molecule is CCO[C@@H]1OC(C(=O)N2CCN(C)CC2)=C[C@H](c2ccc3c(c2)Cc2ccccc2-3)[C@@H]1CCCO.